The van der Waals surface area contributed by atoms with Crippen molar-refractivity contribution in [1.82, 2.24) is 20.0 Å². The van der Waals surface area contributed by atoms with Crippen LogP contribution in [0.3, 0.4) is 0 Å². The van der Waals surface area contributed by atoms with Crippen molar-refractivity contribution >= 4 is 29.0 Å². The average Bonchev–Trinajstić information content (AvgIpc) is 2.97. The highest BCUT2D eigenvalue weighted by Crippen LogP contribution is 2.28. The minimum Gasteiger partial charge on any atom is -0.392 e. The smallest absolute Gasteiger partial charge is 0.178 e. The molecule has 2 aliphatic heterocycles. The monoisotopic (exact) mass is 423 g/mol. The number of aliphatic hydroxyl groups excluding tert-OH is 1. The minimum atomic E-state index is -0.289. The van der Waals surface area contributed by atoms with E-state index in [1.165, 1.54) is 0 Å². The first-order valence-corrected chi connectivity index (χ1v) is 10.5. The van der Waals surface area contributed by atoms with Crippen LogP contribution in [-0.4, -0.2) is 64.8 Å². The van der Waals surface area contributed by atoms with Crippen molar-refractivity contribution in [2.24, 2.45) is 4.99 Å². The molecule has 6 nitrogen and oxygen atoms in total. The fourth-order valence-electron chi connectivity index (χ4n) is 4.17. The van der Waals surface area contributed by atoms with E-state index < -0.39 is 0 Å². The maximum absolute atomic E-state index is 10.3. The van der Waals surface area contributed by atoms with Crippen LogP contribution in [0.5, 0.6) is 0 Å². The molecule has 0 aromatic heterocycles. The van der Waals surface area contributed by atoms with Gasteiger partial charge in [0.15, 0.2) is 12.1 Å². The number of aliphatic imine (C=N–C) groups is 1. The first kappa shape index (κ1) is 19.8. The molecule has 0 amide bonds. The third-order valence-corrected chi connectivity index (χ3v) is 6.48. The Hall–Kier alpha value is -1.47. The number of amidine groups is 1. The fraction of sp³-hybridized carbons (Fsp3) is 0.550. The van der Waals surface area contributed by atoms with Gasteiger partial charge >= 0.3 is 0 Å². The van der Waals surface area contributed by atoms with Crippen molar-refractivity contribution in [3.63, 3.8) is 0 Å². The molecule has 2 N–H and O–H groups in total. The molecular formula is C20H27Cl2N5O. The summed E-state index contributed by atoms with van der Waals surface area (Å²) < 4.78 is 0. The normalized spacial score (nSPS) is 27.6. The van der Waals surface area contributed by atoms with Gasteiger partial charge in [-0.2, -0.15) is 0 Å². The number of halogens is 2. The van der Waals surface area contributed by atoms with Crippen LogP contribution in [0.2, 0.25) is 10.0 Å². The molecule has 0 saturated heterocycles. The quantitative estimate of drug-likeness (QED) is 0.778. The van der Waals surface area contributed by atoms with E-state index in [1.807, 2.05) is 25.2 Å². The van der Waals surface area contributed by atoms with Crippen LogP contribution in [0.4, 0.5) is 0 Å². The van der Waals surface area contributed by atoms with E-state index in [0.29, 0.717) is 10.0 Å². The van der Waals surface area contributed by atoms with Crippen LogP contribution in [-0.2, 0) is 6.54 Å². The number of aliphatic hydroxyl groups is 1. The Morgan fingerprint density at radius 1 is 1.18 bits per heavy atom. The van der Waals surface area contributed by atoms with Crippen molar-refractivity contribution in [2.45, 2.75) is 50.7 Å². The van der Waals surface area contributed by atoms with E-state index in [-0.39, 0.29) is 18.4 Å². The Morgan fingerprint density at radius 3 is 2.71 bits per heavy atom. The van der Waals surface area contributed by atoms with Gasteiger partial charge in [0.25, 0.3) is 0 Å². The van der Waals surface area contributed by atoms with E-state index in [9.17, 15) is 5.11 Å². The summed E-state index contributed by atoms with van der Waals surface area (Å²) in [6.07, 6.45) is 5.84. The highest BCUT2D eigenvalue weighted by Gasteiger charge is 2.36. The topological polar surface area (TPSA) is 54.3 Å². The number of fused-ring (bicyclic) bond motifs is 1. The molecule has 0 radical (unpaired) electrons. The summed E-state index contributed by atoms with van der Waals surface area (Å²) in [5.74, 6) is 0.982. The van der Waals surface area contributed by atoms with Gasteiger partial charge in [-0.25, -0.2) is 4.99 Å². The van der Waals surface area contributed by atoms with Crippen LogP contribution in [0.1, 0.15) is 31.2 Å². The number of nitrogens with one attached hydrogen (secondary N) is 1. The number of hydrogen-bond acceptors (Lipinski definition) is 6. The van der Waals surface area contributed by atoms with Gasteiger partial charge in [-0.15, -0.1) is 0 Å². The van der Waals surface area contributed by atoms with Gasteiger partial charge in [-0.1, -0.05) is 42.1 Å². The van der Waals surface area contributed by atoms with Crippen LogP contribution < -0.4 is 5.32 Å². The lowest BCUT2D eigenvalue weighted by Crippen LogP contribution is -2.50. The Morgan fingerprint density at radius 2 is 1.96 bits per heavy atom. The van der Waals surface area contributed by atoms with Gasteiger partial charge < -0.3 is 19.8 Å². The molecule has 1 aliphatic carbocycles. The summed E-state index contributed by atoms with van der Waals surface area (Å²) in [5, 5.41) is 15.0. The van der Waals surface area contributed by atoms with Gasteiger partial charge in [0.2, 0.25) is 0 Å². The molecule has 3 atom stereocenters. The number of hydrogen-bond donors (Lipinski definition) is 2. The zero-order valence-corrected chi connectivity index (χ0v) is 17.8. The molecule has 0 spiro atoms. The third kappa shape index (κ3) is 3.96. The number of rotatable bonds is 4. The maximum atomic E-state index is 10.3. The molecule has 2 heterocycles. The Bertz CT molecular complexity index is 799. The second-order valence-corrected chi connectivity index (χ2v) is 8.73. The number of benzene rings is 1. The van der Waals surface area contributed by atoms with Gasteiger partial charge in [-0.05, 0) is 30.5 Å². The molecule has 0 bridgehead atoms. The molecule has 28 heavy (non-hydrogen) atoms. The summed E-state index contributed by atoms with van der Waals surface area (Å²) in [4.78, 5) is 11.4. The molecule has 1 saturated carbocycles. The average molecular weight is 424 g/mol. The van der Waals surface area contributed by atoms with E-state index >= 15 is 0 Å². The fourth-order valence-corrected chi connectivity index (χ4v) is 4.49. The van der Waals surface area contributed by atoms with Crippen LogP contribution in [0.15, 0.2) is 35.1 Å². The van der Waals surface area contributed by atoms with Crippen molar-refractivity contribution < 1.29 is 5.11 Å². The predicted octanol–water partition coefficient (Wildman–Crippen LogP) is 3.06. The summed E-state index contributed by atoms with van der Waals surface area (Å²) in [6.45, 7) is 1.49. The van der Waals surface area contributed by atoms with Gasteiger partial charge in [0.05, 0.1) is 28.5 Å². The highest BCUT2D eigenvalue weighted by molar-refractivity contribution is 6.42. The van der Waals surface area contributed by atoms with Gasteiger partial charge in [-0.3, -0.25) is 5.32 Å². The Balaban J connectivity index is 1.48. The Kier molecular flexibility index (Phi) is 5.74. The summed E-state index contributed by atoms with van der Waals surface area (Å²) >= 11 is 12.2. The Labute approximate surface area is 176 Å². The largest absolute Gasteiger partial charge is 0.392 e. The van der Waals surface area contributed by atoms with E-state index in [4.69, 9.17) is 28.2 Å². The van der Waals surface area contributed by atoms with Gasteiger partial charge in [0.1, 0.15) is 0 Å². The minimum absolute atomic E-state index is 0.101. The predicted molar refractivity (Wildman–Crippen MR) is 113 cm³/mol. The molecule has 1 unspecified atom stereocenters. The van der Waals surface area contributed by atoms with E-state index in [1.54, 1.807) is 0 Å². The number of likely N-dealkylation sites (N-methyl/N-ethyl adjacent to an activating group) is 2. The number of nitrogens with zero attached hydrogens (tertiary/aromatic N) is 4. The summed E-state index contributed by atoms with van der Waals surface area (Å²) in [7, 11) is 4.10. The molecule has 3 aliphatic rings. The standard InChI is InChI=1S/C20H27Cl2N5O/c1-25-12-27(10-13-7-8-14(21)15(22)9-13)11-17-19(25)24-20(26(17)2)23-16-5-3-4-6-18(16)28/h7-9,11,16,18,20,23,28H,3-6,10,12H2,1-2H3/t16-,18-,20?/m1/s1. The van der Waals surface area contributed by atoms with E-state index in [0.717, 1.165) is 56.0 Å². The van der Waals surface area contributed by atoms with E-state index in [2.05, 4.69) is 33.3 Å². The highest BCUT2D eigenvalue weighted by atomic mass is 35.5. The van der Waals surface area contributed by atoms with Crippen LogP contribution >= 0.6 is 23.2 Å². The maximum Gasteiger partial charge on any atom is 0.178 e. The lowest BCUT2D eigenvalue weighted by atomic mass is 9.93. The first-order valence-electron chi connectivity index (χ1n) is 9.78. The third-order valence-electron chi connectivity index (χ3n) is 5.74. The molecule has 8 heteroatoms. The second-order valence-electron chi connectivity index (χ2n) is 7.91. The summed E-state index contributed by atoms with van der Waals surface area (Å²) in [5.41, 5.74) is 2.19. The van der Waals surface area contributed by atoms with Crippen molar-refractivity contribution in [3.8, 4) is 0 Å². The molecule has 4 rings (SSSR count). The van der Waals surface area contributed by atoms with Crippen LogP contribution in [0.25, 0.3) is 0 Å². The SMILES string of the molecule is CN1CN(Cc2ccc(Cl)c(Cl)c2)C=C2C1=NC(N[C@@H]1CCCC[C@H]1O)N2C. The lowest BCUT2D eigenvalue weighted by molar-refractivity contribution is 0.0741. The molecule has 152 valence electrons. The van der Waals surface area contributed by atoms with Crippen molar-refractivity contribution in [3.05, 3.63) is 45.7 Å². The second kappa shape index (κ2) is 8.11. The van der Waals surface area contributed by atoms with Crippen molar-refractivity contribution in [2.75, 3.05) is 20.8 Å². The zero-order chi connectivity index (χ0) is 19.8. The molecule has 1 fully saturated rings. The molecule has 1 aromatic rings. The lowest BCUT2D eigenvalue weighted by Gasteiger charge is -2.36. The van der Waals surface area contributed by atoms with Gasteiger partial charge in [0, 0.05) is 32.9 Å². The zero-order valence-electron chi connectivity index (χ0n) is 16.3. The van der Waals surface area contributed by atoms with Crippen molar-refractivity contribution in [1.29, 1.82) is 0 Å². The first-order chi connectivity index (χ1) is 13.4. The molecular weight excluding hydrogens is 397 g/mol. The summed E-state index contributed by atoms with van der Waals surface area (Å²) in [6, 6.07) is 5.86. The van der Waals surface area contributed by atoms with Crippen LogP contribution in [0, 0.1) is 0 Å². The molecule has 1 aromatic carbocycles.